The number of nitrogens with zero attached hydrogens (tertiary/aromatic N) is 4. The third-order valence-corrected chi connectivity index (χ3v) is 6.56. The number of terminal acetylenes is 1. The van der Waals surface area contributed by atoms with E-state index in [4.69, 9.17) is 16.9 Å². The molecule has 3 aromatic rings. The van der Waals surface area contributed by atoms with E-state index in [1.807, 2.05) is 14.0 Å². The van der Waals surface area contributed by atoms with Crippen LogP contribution in [-0.4, -0.2) is 51.4 Å². The monoisotopic (exact) mass is 500 g/mol. The van der Waals surface area contributed by atoms with E-state index in [9.17, 15) is 9.59 Å². The number of amides is 2. The van der Waals surface area contributed by atoms with Crippen LogP contribution in [0.25, 0.3) is 0 Å². The fourth-order valence-corrected chi connectivity index (χ4v) is 4.32. The number of benzene rings is 1. The first-order valence-electron chi connectivity index (χ1n) is 12.2. The number of carbonyl (C=O) groups is 2. The van der Waals surface area contributed by atoms with E-state index < -0.39 is 6.04 Å². The van der Waals surface area contributed by atoms with Crippen molar-refractivity contribution in [1.82, 2.24) is 24.8 Å². The van der Waals surface area contributed by atoms with Crippen molar-refractivity contribution in [1.29, 1.82) is 0 Å². The van der Waals surface area contributed by atoms with Crippen LogP contribution in [0, 0.1) is 25.2 Å². The summed E-state index contributed by atoms with van der Waals surface area (Å²) in [5.41, 5.74) is 9.52. The first-order chi connectivity index (χ1) is 17.8. The second-order valence-electron chi connectivity index (χ2n) is 9.33. The van der Waals surface area contributed by atoms with Crippen molar-refractivity contribution in [3.05, 3.63) is 71.1 Å². The highest BCUT2D eigenvalue weighted by atomic mass is 16.5. The lowest BCUT2D eigenvalue weighted by molar-refractivity contribution is -0.126. The molecule has 0 aliphatic heterocycles. The van der Waals surface area contributed by atoms with Crippen LogP contribution < -0.4 is 15.8 Å². The number of nitrogen functional groups attached to an aromatic ring is 1. The van der Waals surface area contributed by atoms with Gasteiger partial charge in [0.1, 0.15) is 5.75 Å². The lowest BCUT2D eigenvalue weighted by Crippen LogP contribution is -2.46. The minimum atomic E-state index is -0.928. The Labute approximate surface area is 217 Å². The lowest BCUT2D eigenvalue weighted by Gasteiger charge is -2.32. The van der Waals surface area contributed by atoms with Gasteiger partial charge in [0.05, 0.1) is 24.2 Å². The molecule has 37 heavy (non-hydrogen) atoms. The number of methoxy groups -OCH3 is 1. The normalized spacial score (nSPS) is 13.5. The molecule has 4 rings (SSSR count). The van der Waals surface area contributed by atoms with Gasteiger partial charge in [-0.2, -0.15) is 0 Å². The van der Waals surface area contributed by atoms with Gasteiger partial charge in [0, 0.05) is 68.0 Å². The van der Waals surface area contributed by atoms with E-state index in [2.05, 4.69) is 21.2 Å². The average Bonchev–Trinajstić information content (AvgIpc) is 3.65. The maximum Gasteiger partial charge on any atom is 0.255 e. The summed E-state index contributed by atoms with van der Waals surface area (Å²) in [6.45, 7) is 2.65. The molecule has 0 bridgehead atoms. The number of carbonyl (C=O) groups excluding carboxylic acids is 2. The van der Waals surface area contributed by atoms with Crippen LogP contribution in [0.4, 0.5) is 5.69 Å². The van der Waals surface area contributed by atoms with Crippen LogP contribution in [0.5, 0.6) is 5.75 Å². The summed E-state index contributed by atoms with van der Waals surface area (Å²) in [7, 11) is 3.33. The molecule has 1 aliphatic carbocycles. The third-order valence-electron chi connectivity index (χ3n) is 6.56. The Morgan fingerprint density at radius 3 is 2.68 bits per heavy atom. The van der Waals surface area contributed by atoms with Crippen LogP contribution in [0.3, 0.4) is 0 Å². The molecule has 2 aromatic heterocycles. The molecule has 0 saturated heterocycles. The molecule has 1 unspecified atom stereocenters. The summed E-state index contributed by atoms with van der Waals surface area (Å²) < 4.78 is 7.13. The Bertz CT molecular complexity index is 1340. The second-order valence-corrected chi connectivity index (χ2v) is 9.33. The van der Waals surface area contributed by atoms with Gasteiger partial charge >= 0.3 is 0 Å². The number of rotatable bonds is 10. The molecule has 9 nitrogen and oxygen atoms in total. The SMILES string of the molecule is C#Cc1cc(C(C(=O)NCC2CC2)N(CCc2nccnc2C)C(=O)c2cc(N)cc(OC)c2)n(C)c1. The van der Waals surface area contributed by atoms with E-state index in [0.717, 1.165) is 24.2 Å². The van der Waals surface area contributed by atoms with Crippen molar-refractivity contribution in [3.63, 3.8) is 0 Å². The first kappa shape index (κ1) is 25.8. The number of ether oxygens (including phenoxy) is 1. The summed E-state index contributed by atoms with van der Waals surface area (Å²) in [4.78, 5) is 38.1. The number of nitrogens with one attached hydrogen (secondary N) is 1. The molecule has 1 fully saturated rings. The van der Waals surface area contributed by atoms with Crippen LogP contribution in [0.1, 0.15) is 51.9 Å². The highest BCUT2D eigenvalue weighted by molar-refractivity contribution is 5.99. The smallest absolute Gasteiger partial charge is 0.255 e. The van der Waals surface area contributed by atoms with Crippen molar-refractivity contribution in [3.8, 4) is 18.1 Å². The lowest BCUT2D eigenvalue weighted by atomic mass is 10.1. The van der Waals surface area contributed by atoms with Gasteiger partial charge < -0.3 is 25.3 Å². The van der Waals surface area contributed by atoms with E-state index in [1.54, 1.807) is 52.3 Å². The van der Waals surface area contributed by atoms with Crippen LogP contribution in [-0.2, 0) is 18.3 Å². The highest BCUT2D eigenvalue weighted by Crippen LogP contribution is 2.30. The summed E-state index contributed by atoms with van der Waals surface area (Å²) in [5.74, 6) is 2.93. The van der Waals surface area contributed by atoms with E-state index in [0.29, 0.717) is 47.1 Å². The number of aryl methyl sites for hydroxylation is 2. The maximum absolute atomic E-state index is 14.1. The predicted octanol–water partition coefficient (Wildman–Crippen LogP) is 2.65. The topological polar surface area (TPSA) is 115 Å². The molecule has 1 aliphatic rings. The summed E-state index contributed by atoms with van der Waals surface area (Å²) in [5, 5.41) is 3.05. The molecule has 9 heteroatoms. The van der Waals surface area contributed by atoms with Gasteiger partial charge in [-0.1, -0.05) is 5.92 Å². The third kappa shape index (κ3) is 6.09. The molecular formula is C28H32N6O3. The highest BCUT2D eigenvalue weighted by Gasteiger charge is 2.35. The Balaban J connectivity index is 1.77. The van der Waals surface area contributed by atoms with Crippen molar-refractivity contribution < 1.29 is 14.3 Å². The van der Waals surface area contributed by atoms with E-state index in [1.165, 1.54) is 7.11 Å². The van der Waals surface area contributed by atoms with Crippen molar-refractivity contribution >= 4 is 17.5 Å². The molecule has 1 atom stereocenters. The quantitative estimate of drug-likeness (QED) is 0.327. The molecular weight excluding hydrogens is 468 g/mol. The van der Waals surface area contributed by atoms with Gasteiger partial charge in [0.25, 0.3) is 5.91 Å². The zero-order valence-corrected chi connectivity index (χ0v) is 21.4. The van der Waals surface area contributed by atoms with Crippen molar-refractivity contribution in [2.45, 2.75) is 32.2 Å². The number of nitrogens with two attached hydrogens (primary N) is 1. The van der Waals surface area contributed by atoms with Crippen molar-refractivity contribution in [2.75, 3.05) is 25.9 Å². The zero-order valence-electron chi connectivity index (χ0n) is 21.4. The van der Waals surface area contributed by atoms with E-state index >= 15 is 0 Å². The molecule has 0 radical (unpaired) electrons. The predicted molar refractivity (Wildman–Crippen MR) is 141 cm³/mol. The minimum absolute atomic E-state index is 0.216. The zero-order chi connectivity index (χ0) is 26.5. The fraction of sp³-hybridized carbons (Fsp3) is 0.357. The Hall–Kier alpha value is -4.32. The maximum atomic E-state index is 14.1. The minimum Gasteiger partial charge on any atom is -0.497 e. The standard InChI is InChI=1S/C28H32N6O3/c1-5-19-12-25(33(3)17-19)26(27(35)32-16-20-6-7-20)34(11-8-24-18(2)30-9-10-31-24)28(36)21-13-22(29)15-23(14-21)37-4/h1,9-10,12-15,17,20,26H,6-8,11,16,29H2,2-4H3,(H,32,35). The van der Waals surface area contributed by atoms with Gasteiger partial charge in [-0.25, -0.2) is 0 Å². The van der Waals surface area contributed by atoms with Crippen LogP contribution in [0.2, 0.25) is 0 Å². The molecule has 2 heterocycles. The molecule has 1 aromatic carbocycles. The molecule has 0 spiro atoms. The first-order valence-corrected chi connectivity index (χ1v) is 12.2. The Morgan fingerprint density at radius 2 is 2.03 bits per heavy atom. The number of hydrogen-bond acceptors (Lipinski definition) is 6. The summed E-state index contributed by atoms with van der Waals surface area (Å²) >= 11 is 0. The summed E-state index contributed by atoms with van der Waals surface area (Å²) in [6, 6.07) is 5.69. The van der Waals surface area contributed by atoms with Gasteiger partial charge in [0.2, 0.25) is 5.91 Å². The largest absolute Gasteiger partial charge is 0.497 e. The van der Waals surface area contributed by atoms with Crippen LogP contribution in [0.15, 0.2) is 42.9 Å². The number of hydrogen-bond donors (Lipinski definition) is 2. The van der Waals surface area contributed by atoms with Gasteiger partial charge in [-0.15, -0.1) is 6.42 Å². The number of anilines is 1. The van der Waals surface area contributed by atoms with Crippen LogP contribution >= 0.6 is 0 Å². The molecule has 1 saturated carbocycles. The van der Waals surface area contributed by atoms with Gasteiger partial charge in [-0.05, 0) is 43.9 Å². The fourth-order valence-electron chi connectivity index (χ4n) is 4.32. The number of aromatic nitrogens is 3. The summed E-state index contributed by atoms with van der Waals surface area (Å²) in [6.07, 6.45) is 13.3. The van der Waals surface area contributed by atoms with Crippen molar-refractivity contribution in [2.24, 2.45) is 13.0 Å². The van der Waals surface area contributed by atoms with E-state index in [-0.39, 0.29) is 18.4 Å². The average molecular weight is 501 g/mol. The van der Waals surface area contributed by atoms with Gasteiger partial charge in [-0.3, -0.25) is 19.6 Å². The Morgan fingerprint density at radius 1 is 1.27 bits per heavy atom. The molecule has 192 valence electrons. The molecule has 2 amide bonds. The Kier molecular flexibility index (Phi) is 7.77. The van der Waals surface area contributed by atoms with Gasteiger partial charge in [0.15, 0.2) is 6.04 Å². The molecule has 3 N–H and O–H groups in total. The second kappa shape index (κ2) is 11.2.